The molecule has 0 spiro atoms. The minimum atomic E-state index is -5.08. The van der Waals surface area contributed by atoms with E-state index < -0.39 is 18.2 Å². The highest BCUT2D eigenvalue weighted by Crippen LogP contribution is 2.13. The predicted octanol–water partition coefficient (Wildman–Crippen LogP) is -0.00720. The zero-order valence-corrected chi connectivity index (χ0v) is 6.17. The van der Waals surface area contributed by atoms with Crippen LogP contribution in [0.4, 0.5) is 13.2 Å². The summed E-state index contributed by atoms with van der Waals surface area (Å²) in [6, 6.07) is 0. The average Bonchev–Trinajstić information content (AvgIpc) is 1.87. The van der Waals surface area contributed by atoms with Crippen LogP contribution in [0, 0.1) is 0 Å². The lowest BCUT2D eigenvalue weighted by Crippen LogP contribution is -2.21. The highest BCUT2D eigenvalue weighted by atomic mass is 19.4. The fourth-order valence-corrected chi connectivity index (χ4v) is 0. The summed E-state index contributed by atoms with van der Waals surface area (Å²) >= 11 is 0. The van der Waals surface area contributed by atoms with Crippen molar-refractivity contribution in [3.8, 4) is 0 Å². The standard InChI is InChI=1S/C3H8O2.C2HF3O2/c1-3(5)2-4;3-2(4,5)1(6)7/h3-5H,2H2,1H3;(H,6,7). The summed E-state index contributed by atoms with van der Waals surface area (Å²) in [4.78, 5) is 8.90. The Labute approximate surface area is 66.2 Å². The van der Waals surface area contributed by atoms with E-state index in [-0.39, 0.29) is 6.61 Å². The topological polar surface area (TPSA) is 77.8 Å². The average molecular weight is 190 g/mol. The predicted molar refractivity (Wildman–Crippen MR) is 32.5 cm³/mol. The first-order valence-electron chi connectivity index (χ1n) is 2.80. The molecule has 0 saturated carbocycles. The van der Waals surface area contributed by atoms with Crippen molar-refractivity contribution < 1.29 is 33.3 Å². The molecule has 0 heterocycles. The lowest BCUT2D eigenvalue weighted by atomic mass is 10.5. The van der Waals surface area contributed by atoms with Crippen molar-refractivity contribution in [1.29, 1.82) is 0 Å². The maximum atomic E-state index is 10.6. The molecule has 0 aromatic heterocycles. The Bertz CT molecular complexity index is 131. The molecule has 74 valence electrons. The smallest absolute Gasteiger partial charge is 0.475 e. The SMILES string of the molecule is CC(O)CO.O=C(O)C(F)(F)F. The molecule has 0 radical (unpaired) electrons. The molecule has 0 bridgehead atoms. The number of rotatable bonds is 1. The number of carboxylic acids is 1. The molecule has 0 aromatic rings. The van der Waals surface area contributed by atoms with E-state index in [4.69, 9.17) is 20.1 Å². The summed E-state index contributed by atoms with van der Waals surface area (Å²) in [5.41, 5.74) is 0. The van der Waals surface area contributed by atoms with Crippen LogP contribution in [0.25, 0.3) is 0 Å². The summed E-state index contributed by atoms with van der Waals surface area (Å²) in [6.07, 6.45) is -5.64. The maximum Gasteiger partial charge on any atom is 0.490 e. The van der Waals surface area contributed by atoms with Crippen molar-refractivity contribution >= 4 is 5.97 Å². The Morgan fingerprint density at radius 1 is 1.50 bits per heavy atom. The molecule has 4 nitrogen and oxygen atoms in total. The molecule has 0 aliphatic heterocycles. The van der Waals surface area contributed by atoms with Gasteiger partial charge < -0.3 is 15.3 Å². The number of hydrogen-bond donors (Lipinski definition) is 3. The van der Waals surface area contributed by atoms with Gasteiger partial charge >= 0.3 is 12.1 Å². The maximum absolute atomic E-state index is 10.6. The monoisotopic (exact) mass is 190 g/mol. The van der Waals surface area contributed by atoms with E-state index in [1.165, 1.54) is 6.92 Å². The minimum Gasteiger partial charge on any atom is -0.475 e. The number of aliphatic carboxylic acids is 1. The van der Waals surface area contributed by atoms with Crippen molar-refractivity contribution in [3.05, 3.63) is 0 Å². The van der Waals surface area contributed by atoms with Crippen LogP contribution in [0.2, 0.25) is 0 Å². The van der Waals surface area contributed by atoms with Gasteiger partial charge in [0.05, 0.1) is 12.7 Å². The van der Waals surface area contributed by atoms with E-state index >= 15 is 0 Å². The van der Waals surface area contributed by atoms with E-state index in [0.29, 0.717) is 0 Å². The van der Waals surface area contributed by atoms with Crippen molar-refractivity contribution in [2.75, 3.05) is 6.61 Å². The number of halogens is 3. The third kappa shape index (κ3) is 11.9. The second-order valence-electron chi connectivity index (χ2n) is 1.83. The van der Waals surface area contributed by atoms with E-state index in [0.717, 1.165) is 0 Å². The molecule has 12 heavy (non-hydrogen) atoms. The van der Waals surface area contributed by atoms with Gasteiger partial charge in [-0.15, -0.1) is 0 Å². The van der Waals surface area contributed by atoms with Gasteiger partial charge in [-0.2, -0.15) is 13.2 Å². The van der Waals surface area contributed by atoms with Gasteiger partial charge in [0.25, 0.3) is 0 Å². The minimum absolute atomic E-state index is 0.139. The quantitative estimate of drug-likeness (QED) is 0.543. The zero-order valence-electron chi connectivity index (χ0n) is 6.17. The van der Waals surface area contributed by atoms with E-state index in [2.05, 4.69) is 0 Å². The van der Waals surface area contributed by atoms with Crippen LogP contribution in [-0.2, 0) is 4.79 Å². The van der Waals surface area contributed by atoms with Crippen molar-refractivity contribution in [2.45, 2.75) is 19.2 Å². The number of aliphatic hydroxyl groups excluding tert-OH is 2. The van der Waals surface area contributed by atoms with Gasteiger partial charge in [-0.1, -0.05) is 0 Å². The number of hydrogen-bond acceptors (Lipinski definition) is 3. The molecule has 0 amide bonds. The Hall–Kier alpha value is -0.820. The summed E-state index contributed by atoms with van der Waals surface area (Å²) in [7, 11) is 0. The molecule has 0 aliphatic carbocycles. The molecule has 0 fully saturated rings. The van der Waals surface area contributed by atoms with E-state index in [9.17, 15) is 13.2 Å². The Balaban J connectivity index is 0. The molecule has 3 N–H and O–H groups in total. The van der Waals surface area contributed by atoms with Gasteiger partial charge in [0, 0.05) is 0 Å². The largest absolute Gasteiger partial charge is 0.490 e. The summed E-state index contributed by atoms with van der Waals surface area (Å²) in [5, 5.41) is 23.1. The van der Waals surface area contributed by atoms with Crippen molar-refractivity contribution in [3.63, 3.8) is 0 Å². The Morgan fingerprint density at radius 3 is 1.67 bits per heavy atom. The molecule has 0 aliphatic rings. The number of carbonyl (C=O) groups is 1. The fourth-order valence-electron chi connectivity index (χ4n) is 0. The molecule has 0 aromatic carbocycles. The Kier molecular flexibility index (Phi) is 6.63. The Morgan fingerprint density at radius 2 is 1.67 bits per heavy atom. The molecule has 0 rings (SSSR count). The fraction of sp³-hybridized carbons (Fsp3) is 0.800. The van der Waals surface area contributed by atoms with Crippen LogP contribution in [0.5, 0.6) is 0 Å². The normalized spacial score (nSPS) is 12.8. The van der Waals surface area contributed by atoms with Gasteiger partial charge in [-0.05, 0) is 6.92 Å². The first-order valence-corrected chi connectivity index (χ1v) is 2.80. The highest BCUT2D eigenvalue weighted by Gasteiger charge is 2.38. The summed E-state index contributed by atoms with van der Waals surface area (Å²) < 4.78 is 31.7. The molecule has 1 unspecified atom stereocenters. The van der Waals surface area contributed by atoms with Crippen LogP contribution in [0.1, 0.15) is 6.92 Å². The molecule has 1 atom stereocenters. The molecule has 0 saturated heterocycles. The van der Waals surface area contributed by atoms with Gasteiger partial charge in [0.2, 0.25) is 0 Å². The third-order valence-corrected chi connectivity index (χ3v) is 0.507. The first kappa shape index (κ1) is 13.7. The summed E-state index contributed by atoms with van der Waals surface area (Å²) in [5.74, 6) is -2.76. The number of alkyl halides is 3. The van der Waals surface area contributed by atoms with E-state index in [1.807, 2.05) is 0 Å². The molecule has 7 heteroatoms. The second kappa shape index (κ2) is 5.78. The zero-order chi connectivity index (χ0) is 10.4. The molecular formula is C5H9F3O4. The number of aliphatic hydroxyl groups is 2. The lowest BCUT2D eigenvalue weighted by Gasteiger charge is -1.93. The first-order chi connectivity index (χ1) is 5.21. The third-order valence-electron chi connectivity index (χ3n) is 0.507. The summed E-state index contributed by atoms with van der Waals surface area (Å²) in [6.45, 7) is 1.39. The van der Waals surface area contributed by atoms with Crippen molar-refractivity contribution in [1.82, 2.24) is 0 Å². The van der Waals surface area contributed by atoms with Crippen LogP contribution >= 0.6 is 0 Å². The van der Waals surface area contributed by atoms with Crippen LogP contribution in [0.15, 0.2) is 0 Å². The lowest BCUT2D eigenvalue weighted by molar-refractivity contribution is -0.192. The van der Waals surface area contributed by atoms with Crippen LogP contribution in [-0.4, -0.2) is 40.2 Å². The van der Waals surface area contributed by atoms with Gasteiger partial charge in [0.1, 0.15) is 0 Å². The highest BCUT2D eigenvalue weighted by molar-refractivity contribution is 5.73. The van der Waals surface area contributed by atoms with Crippen molar-refractivity contribution in [2.24, 2.45) is 0 Å². The number of carboxylic acid groups (broad SMARTS) is 1. The van der Waals surface area contributed by atoms with Crippen LogP contribution in [0.3, 0.4) is 0 Å². The molecular weight excluding hydrogens is 181 g/mol. The van der Waals surface area contributed by atoms with E-state index in [1.54, 1.807) is 0 Å². The van der Waals surface area contributed by atoms with Gasteiger partial charge in [0.15, 0.2) is 0 Å². The second-order valence-corrected chi connectivity index (χ2v) is 1.83. The van der Waals surface area contributed by atoms with Crippen LogP contribution < -0.4 is 0 Å². The van der Waals surface area contributed by atoms with Gasteiger partial charge in [-0.3, -0.25) is 0 Å². The van der Waals surface area contributed by atoms with Gasteiger partial charge in [-0.25, -0.2) is 4.79 Å².